The monoisotopic (exact) mass is 278 g/mol. The van der Waals surface area contributed by atoms with E-state index in [1.807, 2.05) is 6.07 Å². The van der Waals surface area contributed by atoms with Crippen molar-refractivity contribution < 1.29 is 14.6 Å². The van der Waals surface area contributed by atoms with Crippen molar-refractivity contribution >= 4 is 23.2 Å². The number of aliphatic hydroxyl groups is 1. The third-order valence-electron chi connectivity index (χ3n) is 2.21. The molecule has 0 aromatic heterocycles. The molecule has 1 unspecified atom stereocenters. The van der Waals surface area contributed by atoms with Crippen LogP contribution in [0.4, 0.5) is 0 Å². The highest BCUT2D eigenvalue weighted by Gasteiger charge is 2.09. The van der Waals surface area contributed by atoms with Crippen molar-refractivity contribution in [1.82, 2.24) is 0 Å². The van der Waals surface area contributed by atoms with Crippen LogP contribution in [-0.2, 0) is 15.9 Å². The maximum absolute atomic E-state index is 9.74. The molecule has 1 atom stereocenters. The topological polar surface area (TPSA) is 38.7 Å². The first-order chi connectivity index (χ1) is 8.13. The molecule has 96 valence electrons. The molecule has 17 heavy (non-hydrogen) atoms. The first-order valence-corrected chi connectivity index (χ1v) is 6.07. The quantitative estimate of drug-likeness (QED) is 0.780. The highest BCUT2D eigenvalue weighted by molar-refractivity contribution is 6.35. The molecule has 0 aliphatic heterocycles. The molecule has 1 N–H and O–H groups in total. The highest BCUT2D eigenvalue weighted by Crippen LogP contribution is 2.22. The van der Waals surface area contributed by atoms with E-state index in [0.717, 1.165) is 5.56 Å². The second-order valence-electron chi connectivity index (χ2n) is 3.66. The van der Waals surface area contributed by atoms with E-state index >= 15 is 0 Å². The average molecular weight is 279 g/mol. The van der Waals surface area contributed by atoms with Crippen molar-refractivity contribution in [3.05, 3.63) is 33.8 Å². The van der Waals surface area contributed by atoms with Crippen LogP contribution in [0.25, 0.3) is 0 Å². The highest BCUT2D eigenvalue weighted by atomic mass is 35.5. The Kier molecular flexibility index (Phi) is 6.85. The number of aliphatic hydroxyl groups excluding tert-OH is 1. The molecular weight excluding hydrogens is 263 g/mol. The van der Waals surface area contributed by atoms with Gasteiger partial charge in [0.05, 0.1) is 25.9 Å². The molecule has 0 fully saturated rings. The summed E-state index contributed by atoms with van der Waals surface area (Å²) in [7, 11) is 1.60. The average Bonchev–Trinajstić information content (AvgIpc) is 2.28. The molecule has 1 aromatic rings. The first-order valence-electron chi connectivity index (χ1n) is 5.32. The predicted octanol–water partition coefficient (Wildman–Crippen LogP) is 2.56. The van der Waals surface area contributed by atoms with Crippen LogP contribution in [0.5, 0.6) is 0 Å². The Hall–Kier alpha value is -0.320. The van der Waals surface area contributed by atoms with E-state index in [9.17, 15) is 5.11 Å². The minimum absolute atomic E-state index is 0.266. The number of benzene rings is 1. The fourth-order valence-corrected chi connectivity index (χ4v) is 1.85. The van der Waals surface area contributed by atoms with Crippen LogP contribution >= 0.6 is 23.2 Å². The van der Waals surface area contributed by atoms with Crippen LogP contribution < -0.4 is 0 Å². The van der Waals surface area contributed by atoms with Gasteiger partial charge in [0.2, 0.25) is 0 Å². The van der Waals surface area contributed by atoms with Gasteiger partial charge in [0.25, 0.3) is 0 Å². The lowest BCUT2D eigenvalue weighted by Crippen LogP contribution is -2.19. The number of methoxy groups -OCH3 is 1. The van der Waals surface area contributed by atoms with Crippen LogP contribution in [0.1, 0.15) is 5.56 Å². The van der Waals surface area contributed by atoms with Crippen molar-refractivity contribution in [3.8, 4) is 0 Å². The van der Waals surface area contributed by atoms with Crippen molar-refractivity contribution in [2.45, 2.75) is 12.5 Å². The lowest BCUT2D eigenvalue weighted by molar-refractivity contribution is 0.0137. The van der Waals surface area contributed by atoms with Gasteiger partial charge in [0.15, 0.2) is 0 Å². The van der Waals surface area contributed by atoms with E-state index in [-0.39, 0.29) is 6.61 Å². The summed E-state index contributed by atoms with van der Waals surface area (Å²) in [4.78, 5) is 0. The Bertz CT molecular complexity index is 345. The number of hydrogen-bond acceptors (Lipinski definition) is 3. The van der Waals surface area contributed by atoms with Crippen LogP contribution in [0.2, 0.25) is 10.0 Å². The molecular formula is C12H16Cl2O3. The zero-order chi connectivity index (χ0) is 12.7. The molecule has 1 rings (SSSR count). The molecule has 0 spiro atoms. The Labute approximate surface area is 111 Å². The van der Waals surface area contributed by atoms with Crippen LogP contribution in [0, 0.1) is 0 Å². The molecule has 1 aromatic carbocycles. The minimum Gasteiger partial charge on any atom is -0.390 e. The minimum atomic E-state index is -0.578. The van der Waals surface area contributed by atoms with Crippen molar-refractivity contribution in [2.75, 3.05) is 26.9 Å². The predicted molar refractivity (Wildman–Crippen MR) is 68.9 cm³/mol. The molecule has 5 heteroatoms. The van der Waals surface area contributed by atoms with E-state index in [2.05, 4.69) is 0 Å². The summed E-state index contributed by atoms with van der Waals surface area (Å²) >= 11 is 11.8. The van der Waals surface area contributed by atoms with E-state index in [1.165, 1.54) is 0 Å². The SMILES string of the molecule is COCCOCC(O)Cc1ccc(Cl)cc1Cl. The van der Waals surface area contributed by atoms with Gasteiger partial charge >= 0.3 is 0 Å². The molecule has 0 saturated carbocycles. The van der Waals surface area contributed by atoms with E-state index in [0.29, 0.717) is 29.7 Å². The van der Waals surface area contributed by atoms with Crippen LogP contribution in [0.15, 0.2) is 18.2 Å². The van der Waals surface area contributed by atoms with Crippen molar-refractivity contribution in [3.63, 3.8) is 0 Å². The van der Waals surface area contributed by atoms with Crippen molar-refractivity contribution in [2.24, 2.45) is 0 Å². The van der Waals surface area contributed by atoms with Gasteiger partial charge in [-0.15, -0.1) is 0 Å². The lowest BCUT2D eigenvalue weighted by atomic mass is 10.1. The van der Waals surface area contributed by atoms with E-state index in [1.54, 1.807) is 19.2 Å². The summed E-state index contributed by atoms with van der Waals surface area (Å²) in [5.41, 5.74) is 0.860. The Balaban J connectivity index is 2.37. The first kappa shape index (κ1) is 14.7. The van der Waals surface area contributed by atoms with Crippen LogP contribution in [0.3, 0.4) is 0 Å². The molecule has 0 radical (unpaired) electrons. The molecule has 0 saturated heterocycles. The van der Waals surface area contributed by atoms with Gasteiger partial charge in [-0.25, -0.2) is 0 Å². The summed E-state index contributed by atoms with van der Waals surface area (Å²) in [6, 6.07) is 5.22. The van der Waals surface area contributed by atoms with Gasteiger partial charge in [0.1, 0.15) is 0 Å². The van der Waals surface area contributed by atoms with Gasteiger partial charge in [-0.05, 0) is 17.7 Å². The van der Waals surface area contributed by atoms with Gasteiger partial charge in [0, 0.05) is 23.6 Å². The Morgan fingerprint density at radius 2 is 2.06 bits per heavy atom. The molecule has 0 aliphatic rings. The standard InChI is InChI=1S/C12H16Cl2O3/c1-16-4-5-17-8-11(15)6-9-2-3-10(13)7-12(9)14/h2-3,7,11,15H,4-6,8H2,1H3. The molecule has 0 heterocycles. The van der Waals surface area contributed by atoms with E-state index in [4.69, 9.17) is 32.7 Å². The number of ether oxygens (including phenoxy) is 2. The summed E-state index contributed by atoms with van der Waals surface area (Å²) < 4.78 is 10.1. The second-order valence-corrected chi connectivity index (χ2v) is 4.51. The smallest absolute Gasteiger partial charge is 0.0814 e. The number of halogens is 2. The normalized spacial score (nSPS) is 12.7. The Morgan fingerprint density at radius 1 is 1.29 bits per heavy atom. The van der Waals surface area contributed by atoms with Gasteiger partial charge in [-0.1, -0.05) is 29.3 Å². The van der Waals surface area contributed by atoms with Crippen LogP contribution in [-0.4, -0.2) is 38.1 Å². The lowest BCUT2D eigenvalue weighted by Gasteiger charge is -2.12. The Morgan fingerprint density at radius 3 is 2.71 bits per heavy atom. The largest absolute Gasteiger partial charge is 0.390 e. The van der Waals surface area contributed by atoms with Gasteiger partial charge in [-0.3, -0.25) is 0 Å². The summed E-state index contributed by atoms with van der Waals surface area (Å²) in [6.45, 7) is 1.26. The maximum atomic E-state index is 9.74. The third kappa shape index (κ3) is 5.70. The zero-order valence-corrected chi connectivity index (χ0v) is 11.2. The molecule has 0 aliphatic carbocycles. The summed E-state index contributed by atoms with van der Waals surface area (Å²) in [5.74, 6) is 0. The molecule has 0 bridgehead atoms. The zero-order valence-electron chi connectivity index (χ0n) is 9.66. The van der Waals surface area contributed by atoms with E-state index < -0.39 is 6.10 Å². The fraction of sp³-hybridized carbons (Fsp3) is 0.500. The van der Waals surface area contributed by atoms with Gasteiger partial charge in [-0.2, -0.15) is 0 Å². The number of rotatable bonds is 7. The summed E-state index contributed by atoms with van der Waals surface area (Å²) in [5, 5.41) is 10.9. The maximum Gasteiger partial charge on any atom is 0.0814 e. The number of hydrogen-bond donors (Lipinski definition) is 1. The van der Waals surface area contributed by atoms with Gasteiger partial charge < -0.3 is 14.6 Å². The molecule has 0 amide bonds. The van der Waals surface area contributed by atoms with Crippen molar-refractivity contribution in [1.29, 1.82) is 0 Å². The molecule has 3 nitrogen and oxygen atoms in total. The second kappa shape index (κ2) is 7.90. The third-order valence-corrected chi connectivity index (χ3v) is 2.80. The fourth-order valence-electron chi connectivity index (χ4n) is 1.36. The summed E-state index contributed by atoms with van der Waals surface area (Å²) in [6.07, 6.45) is -0.131.